The van der Waals surface area contributed by atoms with Gasteiger partial charge in [-0.25, -0.2) is 4.79 Å². The lowest BCUT2D eigenvalue weighted by Gasteiger charge is -2.08. The van der Waals surface area contributed by atoms with E-state index >= 15 is 0 Å². The number of rotatable bonds is 6. The Morgan fingerprint density at radius 2 is 2.00 bits per heavy atom. The van der Waals surface area contributed by atoms with Crippen LogP contribution in [-0.2, 0) is 14.3 Å². The van der Waals surface area contributed by atoms with Crippen molar-refractivity contribution in [2.45, 2.75) is 31.7 Å². The number of hydrogen-bond acceptors (Lipinski definition) is 6. The molecule has 0 bridgehead atoms. The minimum atomic E-state index is -0.522. The van der Waals surface area contributed by atoms with Gasteiger partial charge in [0.15, 0.2) is 0 Å². The summed E-state index contributed by atoms with van der Waals surface area (Å²) < 4.78 is 4.79. The third-order valence-electron chi connectivity index (χ3n) is 3.33. The van der Waals surface area contributed by atoms with Gasteiger partial charge in [0.2, 0.25) is 5.12 Å². The Kier molecular flexibility index (Phi) is 6.61. The van der Waals surface area contributed by atoms with E-state index < -0.39 is 11.9 Å². The van der Waals surface area contributed by atoms with Crippen LogP contribution in [0.1, 0.15) is 36.0 Å². The van der Waals surface area contributed by atoms with Gasteiger partial charge in [-0.1, -0.05) is 42.1 Å². The molecular weight excluding hydrogens is 302 g/mol. The molecule has 1 fully saturated rings. The van der Waals surface area contributed by atoms with Crippen molar-refractivity contribution in [3.63, 3.8) is 0 Å². The highest BCUT2D eigenvalue weighted by molar-refractivity contribution is 8.14. The fraction of sp³-hybridized carbons (Fsp3) is 0.438. The third kappa shape index (κ3) is 5.27. The van der Waals surface area contributed by atoms with E-state index in [4.69, 9.17) is 4.74 Å². The second kappa shape index (κ2) is 8.70. The summed E-state index contributed by atoms with van der Waals surface area (Å²) in [4.78, 5) is 35.0. The molecule has 0 aliphatic carbocycles. The summed E-state index contributed by atoms with van der Waals surface area (Å²) in [5, 5.41) is 2.97. The van der Waals surface area contributed by atoms with Crippen LogP contribution in [0.4, 0.5) is 0 Å². The lowest BCUT2D eigenvalue weighted by atomic mass is 10.2. The first-order chi connectivity index (χ1) is 10.7. The lowest BCUT2D eigenvalue weighted by Crippen LogP contribution is -2.33. The molecule has 1 atom stereocenters. The van der Waals surface area contributed by atoms with Crippen LogP contribution in [0.15, 0.2) is 30.3 Å². The van der Waals surface area contributed by atoms with Crippen LogP contribution >= 0.6 is 11.8 Å². The van der Waals surface area contributed by atoms with E-state index in [2.05, 4.69) is 5.32 Å². The summed E-state index contributed by atoms with van der Waals surface area (Å²) in [6.07, 6.45) is 2.29. The average molecular weight is 321 g/mol. The number of thioether (sulfide) groups is 1. The van der Waals surface area contributed by atoms with Gasteiger partial charge in [0, 0.05) is 17.7 Å². The minimum absolute atomic E-state index is 0.0137. The Labute approximate surface area is 133 Å². The Bertz CT molecular complexity index is 526. The molecule has 6 heteroatoms. The molecule has 0 radical (unpaired) electrons. The summed E-state index contributed by atoms with van der Waals surface area (Å²) in [6, 6.07) is 8.65. The van der Waals surface area contributed by atoms with Gasteiger partial charge in [0.1, 0.15) is 6.04 Å². The van der Waals surface area contributed by atoms with Gasteiger partial charge in [-0.05, 0) is 25.8 Å². The monoisotopic (exact) mass is 321 g/mol. The predicted molar refractivity (Wildman–Crippen MR) is 84.6 cm³/mol. The zero-order chi connectivity index (χ0) is 15.8. The number of nitrogens with one attached hydrogen (secondary N) is 1. The number of esters is 2. The molecule has 0 unspecified atom stereocenters. The smallest absolute Gasteiger partial charge is 0.330 e. The molecule has 1 N–H and O–H groups in total. The van der Waals surface area contributed by atoms with Crippen molar-refractivity contribution in [2.75, 3.05) is 12.3 Å². The normalized spacial score (nSPS) is 17.2. The van der Waals surface area contributed by atoms with Gasteiger partial charge in [0.25, 0.3) is 0 Å². The van der Waals surface area contributed by atoms with Gasteiger partial charge in [-0.15, -0.1) is 0 Å². The van der Waals surface area contributed by atoms with Crippen LogP contribution in [0.2, 0.25) is 0 Å². The summed E-state index contributed by atoms with van der Waals surface area (Å²) in [6.45, 7) is 0.784. The van der Waals surface area contributed by atoms with E-state index in [1.807, 2.05) is 18.2 Å². The maximum Gasteiger partial charge on any atom is 0.330 e. The average Bonchev–Trinajstić information content (AvgIpc) is 3.06. The second-order valence-electron chi connectivity index (χ2n) is 5.05. The van der Waals surface area contributed by atoms with Crippen LogP contribution in [0.5, 0.6) is 0 Å². The number of benzene rings is 1. The molecule has 118 valence electrons. The maximum absolute atomic E-state index is 11.8. The molecule has 0 amide bonds. The van der Waals surface area contributed by atoms with Crippen molar-refractivity contribution >= 4 is 28.8 Å². The predicted octanol–water partition coefficient (Wildman–Crippen LogP) is 2.16. The topological polar surface area (TPSA) is 72.5 Å². The number of carbonyl (C=O) groups is 3. The molecule has 1 aliphatic rings. The molecular formula is C16H19NO4S. The molecule has 1 saturated heterocycles. The van der Waals surface area contributed by atoms with E-state index in [1.165, 1.54) is 11.8 Å². The van der Waals surface area contributed by atoms with E-state index in [9.17, 15) is 14.4 Å². The molecule has 1 aliphatic heterocycles. The van der Waals surface area contributed by atoms with Crippen LogP contribution in [0.25, 0.3) is 0 Å². The first kappa shape index (κ1) is 16.7. The first-order valence-electron chi connectivity index (χ1n) is 7.37. The Hall–Kier alpha value is -1.66. The SMILES string of the molecule is O=C(CCCSC(=O)c1ccccc1)OC(=O)[C@@H]1CCCN1. The molecule has 1 heterocycles. The van der Waals surface area contributed by atoms with Crippen molar-refractivity contribution in [3.8, 4) is 0 Å². The van der Waals surface area contributed by atoms with Crippen molar-refractivity contribution < 1.29 is 19.1 Å². The Morgan fingerprint density at radius 1 is 1.23 bits per heavy atom. The van der Waals surface area contributed by atoms with E-state index in [0.717, 1.165) is 13.0 Å². The largest absolute Gasteiger partial charge is 0.392 e. The standard InChI is InChI=1S/C16H19NO4S/c18-14(21-15(19)13-8-4-10-17-13)9-5-11-22-16(20)12-6-2-1-3-7-12/h1-3,6-7,13,17H,4-5,8-11H2/t13-/m0/s1. The summed E-state index contributed by atoms with van der Waals surface area (Å²) in [5.74, 6) is -0.486. The number of hydrogen-bond donors (Lipinski definition) is 1. The molecule has 0 spiro atoms. The highest BCUT2D eigenvalue weighted by Crippen LogP contribution is 2.14. The number of carbonyl (C=O) groups excluding carboxylic acids is 3. The molecule has 5 nitrogen and oxygen atoms in total. The minimum Gasteiger partial charge on any atom is -0.392 e. The van der Waals surface area contributed by atoms with Gasteiger partial charge in [0.05, 0.1) is 0 Å². The summed E-state index contributed by atoms with van der Waals surface area (Å²) in [7, 11) is 0. The van der Waals surface area contributed by atoms with Gasteiger partial charge >= 0.3 is 11.9 Å². The highest BCUT2D eigenvalue weighted by atomic mass is 32.2. The van der Waals surface area contributed by atoms with Gasteiger partial charge in [-0.3, -0.25) is 9.59 Å². The highest BCUT2D eigenvalue weighted by Gasteiger charge is 2.25. The summed E-state index contributed by atoms with van der Waals surface area (Å²) in [5.41, 5.74) is 0.651. The number of ether oxygens (including phenoxy) is 1. The molecule has 22 heavy (non-hydrogen) atoms. The van der Waals surface area contributed by atoms with Gasteiger partial charge < -0.3 is 10.1 Å². The van der Waals surface area contributed by atoms with E-state index in [1.54, 1.807) is 12.1 Å². The van der Waals surface area contributed by atoms with Crippen molar-refractivity contribution in [3.05, 3.63) is 35.9 Å². The van der Waals surface area contributed by atoms with Crippen LogP contribution in [0.3, 0.4) is 0 Å². The van der Waals surface area contributed by atoms with Crippen LogP contribution in [-0.4, -0.2) is 35.4 Å². The summed E-state index contributed by atoms with van der Waals surface area (Å²) >= 11 is 1.17. The second-order valence-corrected chi connectivity index (χ2v) is 6.12. The van der Waals surface area contributed by atoms with Gasteiger partial charge in [-0.2, -0.15) is 0 Å². The van der Waals surface area contributed by atoms with Crippen molar-refractivity contribution in [2.24, 2.45) is 0 Å². The van der Waals surface area contributed by atoms with E-state index in [0.29, 0.717) is 24.2 Å². The van der Waals surface area contributed by atoms with Crippen LogP contribution < -0.4 is 5.32 Å². The fourth-order valence-corrected chi connectivity index (χ4v) is 2.94. The third-order valence-corrected chi connectivity index (χ3v) is 4.32. The Morgan fingerprint density at radius 3 is 2.68 bits per heavy atom. The van der Waals surface area contributed by atoms with E-state index in [-0.39, 0.29) is 17.6 Å². The molecule has 2 rings (SSSR count). The fourth-order valence-electron chi connectivity index (χ4n) is 2.16. The zero-order valence-electron chi connectivity index (χ0n) is 12.2. The quantitative estimate of drug-likeness (QED) is 0.492. The molecule has 0 saturated carbocycles. The molecule has 0 aromatic heterocycles. The van der Waals surface area contributed by atoms with Crippen molar-refractivity contribution in [1.29, 1.82) is 0 Å². The van der Waals surface area contributed by atoms with Crippen molar-refractivity contribution in [1.82, 2.24) is 5.32 Å². The first-order valence-corrected chi connectivity index (χ1v) is 8.35. The zero-order valence-corrected chi connectivity index (χ0v) is 13.1. The molecule has 1 aromatic rings. The Balaban J connectivity index is 1.61. The maximum atomic E-state index is 11.8. The lowest BCUT2D eigenvalue weighted by molar-refractivity contribution is -0.160. The van der Waals surface area contributed by atoms with Crippen LogP contribution in [0, 0.1) is 0 Å². The molecule has 1 aromatic carbocycles.